The summed E-state index contributed by atoms with van der Waals surface area (Å²) in [7, 11) is -3.87. The minimum atomic E-state index is -4.51. The third-order valence-corrected chi connectivity index (χ3v) is 7.82. The summed E-state index contributed by atoms with van der Waals surface area (Å²) in [5, 5.41) is 3.30. The molecule has 0 radical (unpaired) electrons. The Kier molecular flexibility index (Phi) is 6.26. The number of rotatable bonds is 7. The van der Waals surface area contributed by atoms with Crippen molar-refractivity contribution in [3.05, 3.63) is 29.8 Å². The summed E-state index contributed by atoms with van der Waals surface area (Å²) in [4.78, 5) is 11.5. The first kappa shape index (κ1) is 22.0. The predicted molar refractivity (Wildman–Crippen MR) is 101 cm³/mol. The monoisotopic (exact) mass is 433 g/mol. The Morgan fingerprint density at radius 2 is 1.90 bits per heavy atom. The second kappa shape index (κ2) is 8.23. The summed E-state index contributed by atoms with van der Waals surface area (Å²) in [6.07, 6.45) is -1.41. The SMILES string of the molecule is CCC[C@H](N[C@@H]1CC[C@H]2CN(S(=O)(=O)c3ccc(C(F)(F)F)cc3)C[C@H]21)C(N)=O. The average molecular weight is 433 g/mol. The summed E-state index contributed by atoms with van der Waals surface area (Å²) in [5.41, 5.74) is 4.58. The van der Waals surface area contributed by atoms with E-state index in [1.54, 1.807) is 0 Å². The maximum atomic E-state index is 12.9. The molecule has 0 unspecified atom stereocenters. The molecule has 1 aliphatic heterocycles. The van der Waals surface area contributed by atoms with E-state index in [9.17, 15) is 26.4 Å². The number of sulfonamides is 1. The van der Waals surface area contributed by atoms with Crippen molar-refractivity contribution in [3.63, 3.8) is 0 Å². The summed E-state index contributed by atoms with van der Waals surface area (Å²) < 4.78 is 65.4. The number of benzene rings is 1. The van der Waals surface area contributed by atoms with E-state index < -0.39 is 33.7 Å². The molecule has 6 nitrogen and oxygen atoms in total. The van der Waals surface area contributed by atoms with Crippen LogP contribution in [-0.4, -0.2) is 43.8 Å². The van der Waals surface area contributed by atoms with Gasteiger partial charge in [-0.25, -0.2) is 8.42 Å². The van der Waals surface area contributed by atoms with Crippen LogP contribution in [0.2, 0.25) is 0 Å². The summed E-state index contributed by atoms with van der Waals surface area (Å²) in [6, 6.07) is 3.15. The van der Waals surface area contributed by atoms with Gasteiger partial charge in [-0.2, -0.15) is 17.5 Å². The number of fused-ring (bicyclic) bond motifs is 1. The van der Waals surface area contributed by atoms with Gasteiger partial charge in [0.25, 0.3) is 0 Å². The molecule has 2 fully saturated rings. The van der Waals surface area contributed by atoms with E-state index in [1.165, 1.54) is 4.31 Å². The molecule has 1 amide bonds. The first-order chi connectivity index (χ1) is 13.5. The third kappa shape index (κ3) is 4.59. The van der Waals surface area contributed by atoms with Crippen molar-refractivity contribution in [1.29, 1.82) is 0 Å². The van der Waals surface area contributed by atoms with Crippen molar-refractivity contribution < 1.29 is 26.4 Å². The predicted octanol–water partition coefficient (Wildman–Crippen LogP) is 2.35. The molecule has 0 spiro atoms. The number of alkyl halides is 3. The van der Waals surface area contributed by atoms with Crippen LogP contribution in [-0.2, 0) is 21.0 Å². The molecule has 29 heavy (non-hydrogen) atoms. The highest BCUT2D eigenvalue weighted by Gasteiger charge is 2.47. The van der Waals surface area contributed by atoms with Gasteiger partial charge in [0.2, 0.25) is 15.9 Å². The van der Waals surface area contributed by atoms with E-state index >= 15 is 0 Å². The topological polar surface area (TPSA) is 92.5 Å². The van der Waals surface area contributed by atoms with Crippen LogP contribution in [0.1, 0.15) is 38.2 Å². The van der Waals surface area contributed by atoms with Gasteiger partial charge in [0.15, 0.2) is 0 Å². The number of carbonyl (C=O) groups excluding carboxylic acids is 1. The van der Waals surface area contributed by atoms with Gasteiger partial charge in [-0.1, -0.05) is 13.3 Å². The lowest BCUT2D eigenvalue weighted by Gasteiger charge is -2.25. The van der Waals surface area contributed by atoms with Crippen LogP contribution in [0.4, 0.5) is 13.2 Å². The zero-order valence-corrected chi connectivity index (χ0v) is 17.0. The van der Waals surface area contributed by atoms with Crippen LogP contribution in [0.3, 0.4) is 0 Å². The van der Waals surface area contributed by atoms with Crippen LogP contribution in [0.15, 0.2) is 29.2 Å². The van der Waals surface area contributed by atoms with Crippen molar-refractivity contribution in [2.24, 2.45) is 17.6 Å². The maximum absolute atomic E-state index is 12.9. The molecule has 1 aliphatic carbocycles. The molecule has 1 saturated heterocycles. The maximum Gasteiger partial charge on any atom is 0.416 e. The molecule has 2 aliphatic rings. The Hall–Kier alpha value is -1.65. The van der Waals surface area contributed by atoms with Crippen LogP contribution in [0.25, 0.3) is 0 Å². The number of nitrogens with two attached hydrogens (primary N) is 1. The lowest BCUT2D eigenvalue weighted by Crippen LogP contribution is -2.48. The van der Waals surface area contributed by atoms with Crippen molar-refractivity contribution in [3.8, 4) is 0 Å². The first-order valence-corrected chi connectivity index (χ1v) is 11.2. The number of nitrogens with one attached hydrogen (secondary N) is 1. The number of nitrogens with zero attached hydrogens (tertiary/aromatic N) is 1. The van der Waals surface area contributed by atoms with E-state index in [0.717, 1.165) is 43.5 Å². The highest BCUT2D eigenvalue weighted by atomic mass is 32.2. The molecule has 0 aromatic heterocycles. The molecule has 10 heteroatoms. The van der Waals surface area contributed by atoms with E-state index in [1.807, 2.05) is 6.92 Å². The fourth-order valence-corrected chi connectivity index (χ4v) is 5.98. The lowest BCUT2D eigenvalue weighted by atomic mass is 9.97. The van der Waals surface area contributed by atoms with E-state index in [2.05, 4.69) is 5.32 Å². The Balaban J connectivity index is 1.71. The summed E-state index contributed by atoms with van der Waals surface area (Å²) >= 11 is 0. The van der Waals surface area contributed by atoms with Gasteiger partial charge in [-0.3, -0.25) is 4.79 Å². The van der Waals surface area contributed by atoms with Crippen molar-refractivity contribution >= 4 is 15.9 Å². The molecule has 1 aromatic rings. The number of halogens is 3. The second-order valence-electron chi connectivity index (χ2n) is 7.86. The van der Waals surface area contributed by atoms with Gasteiger partial charge in [0.1, 0.15) is 0 Å². The molecule has 1 aromatic carbocycles. The van der Waals surface area contributed by atoms with Crippen LogP contribution in [0, 0.1) is 11.8 Å². The van der Waals surface area contributed by atoms with Gasteiger partial charge in [0, 0.05) is 19.1 Å². The second-order valence-corrected chi connectivity index (χ2v) is 9.80. The quantitative estimate of drug-likeness (QED) is 0.691. The molecule has 1 heterocycles. The van der Waals surface area contributed by atoms with Crippen molar-refractivity contribution in [2.45, 2.75) is 55.8 Å². The number of primary amides is 1. The molecule has 1 saturated carbocycles. The Morgan fingerprint density at radius 3 is 2.45 bits per heavy atom. The average Bonchev–Trinajstić information content (AvgIpc) is 3.23. The van der Waals surface area contributed by atoms with Crippen LogP contribution < -0.4 is 11.1 Å². The molecular weight excluding hydrogens is 407 g/mol. The largest absolute Gasteiger partial charge is 0.416 e. The highest BCUT2D eigenvalue weighted by molar-refractivity contribution is 7.89. The minimum Gasteiger partial charge on any atom is -0.368 e. The number of amides is 1. The van der Waals surface area contributed by atoms with E-state index in [4.69, 9.17) is 5.73 Å². The first-order valence-electron chi connectivity index (χ1n) is 9.76. The zero-order valence-electron chi connectivity index (χ0n) is 16.2. The fraction of sp³-hybridized carbons (Fsp3) is 0.632. The fourth-order valence-electron chi connectivity index (χ4n) is 4.45. The van der Waals surface area contributed by atoms with Crippen molar-refractivity contribution in [2.75, 3.05) is 13.1 Å². The van der Waals surface area contributed by atoms with Gasteiger partial charge >= 0.3 is 6.18 Å². The van der Waals surface area contributed by atoms with Gasteiger partial charge in [-0.05, 0) is 55.4 Å². The Bertz CT molecular complexity index is 842. The molecule has 3 N–H and O–H groups in total. The number of hydrogen-bond acceptors (Lipinski definition) is 4. The molecular formula is C19H26F3N3O3S. The minimum absolute atomic E-state index is 0.00291. The highest BCUT2D eigenvalue weighted by Crippen LogP contribution is 2.40. The third-order valence-electron chi connectivity index (χ3n) is 5.98. The van der Waals surface area contributed by atoms with Crippen LogP contribution in [0.5, 0.6) is 0 Å². The van der Waals surface area contributed by atoms with Gasteiger partial charge < -0.3 is 11.1 Å². The standard InChI is InChI=1S/C19H26F3N3O3S/c1-2-3-17(18(23)26)24-16-9-4-12-10-25(11-15(12)16)29(27,28)14-7-5-13(6-8-14)19(20,21)22/h5-8,12,15-17,24H,2-4,9-11H2,1H3,(H2,23,26)/t12-,15+,16+,17-/m0/s1. The lowest BCUT2D eigenvalue weighted by molar-refractivity contribution is -0.137. The zero-order chi connectivity index (χ0) is 21.4. The molecule has 4 atom stereocenters. The molecule has 162 valence electrons. The van der Waals surface area contributed by atoms with Gasteiger partial charge in [0.05, 0.1) is 16.5 Å². The smallest absolute Gasteiger partial charge is 0.368 e. The Morgan fingerprint density at radius 1 is 1.24 bits per heavy atom. The molecule has 0 bridgehead atoms. The summed E-state index contributed by atoms with van der Waals surface area (Å²) in [5.74, 6) is -0.202. The van der Waals surface area contributed by atoms with E-state index in [-0.39, 0.29) is 29.3 Å². The number of hydrogen-bond donors (Lipinski definition) is 2. The molecule has 3 rings (SSSR count). The van der Waals surface area contributed by atoms with Crippen LogP contribution >= 0.6 is 0 Å². The number of carbonyl (C=O) groups is 1. The van der Waals surface area contributed by atoms with E-state index in [0.29, 0.717) is 13.0 Å². The normalized spacial score (nSPS) is 26.4. The van der Waals surface area contributed by atoms with Gasteiger partial charge in [-0.15, -0.1) is 0 Å². The van der Waals surface area contributed by atoms with Crippen molar-refractivity contribution in [1.82, 2.24) is 9.62 Å². The Labute approximate surface area is 168 Å². The summed E-state index contributed by atoms with van der Waals surface area (Å²) in [6.45, 7) is 2.58.